The molecule has 1 aliphatic heterocycles. The van der Waals surface area contributed by atoms with Crippen LogP contribution in [-0.2, 0) is 0 Å². The molecule has 2 heterocycles. The van der Waals surface area contributed by atoms with Crippen LogP contribution < -0.4 is 10.6 Å². The molecule has 1 fully saturated rings. The SMILES string of the molecule is O=C(NCC1CCNCC1)c1cnc[nH]1. The molecule has 5 heteroatoms. The lowest BCUT2D eigenvalue weighted by Crippen LogP contribution is -2.36. The zero-order valence-corrected chi connectivity index (χ0v) is 8.62. The molecular weight excluding hydrogens is 192 g/mol. The molecule has 0 aliphatic carbocycles. The minimum atomic E-state index is -0.0639. The molecule has 0 bridgehead atoms. The van der Waals surface area contributed by atoms with E-state index in [0.29, 0.717) is 11.6 Å². The van der Waals surface area contributed by atoms with E-state index in [4.69, 9.17) is 0 Å². The highest BCUT2D eigenvalue weighted by Gasteiger charge is 2.14. The van der Waals surface area contributed by atoms with Crippen molar-refractivity contribution in [3.63, 3.8) is 0 Å². The fourth-order valence-electron chi connectivity index (χ4n) is 1.80. The summed E-state index contributed by atoms with van der Waals surface area (Å²) in [5, 5.41) is 6.22. The van der Waals surface area contributed by atoms with Crippen molar-refractivity contribution in [1.82, 2.24) is 20.6 Å². The van der Waals surface area contributed by atoms with E-state index in [1.165, 1.54) is 12.5 Å². The molecule has 0 spiro atoms. The Labute approximate surface area is 88.7 Å². The minimum Gasteiger partial charge on any atom is -0.350 e. The number of hydrogen-bond acceptors (Lipinski definition) is 3. The summed E-state index contributed by atoms with van der Waals surface area (Å²) in [4.78, 5) is 18.2. The summed E-state index contributed by atoms with van der Waals surface area (Å²) in [6, 6.07) is 0. The zero-order chi connectivity index (χ0) is 10.5. The number of nitrogens with zero attached hydrogens (tertiary/aromatic N) is 1. The number of hydrogen-bond donors (Lipinski definition) is 3. The van der Waals surface area contributed by atoms with Crippen LogP contribution in [0.1, 0.15) is 23.3 Å². The van der Waals surface area contributed by atoms with Crippen molar-refractivity contribution in [3.05, 3.63) is 18.2 Å². The van der Waals surface area contributed by atoms with Crippen LogP contribution in [0, 0.1) is 5.92 Å². The molecule has 3 N–H and O–H groups in total. The number of H-pyrrole nitrogens is 1. The maximum absolute atomic E-state index is 11.6. The molecule has 0 radical (unpaired) electrons. The minimum absolute atomic E-state index is 0.0639. The number of amides is 1. The third-order valence-electron chi connectivity index (χ3n) is 2.75. The number of nitrogens with one attached hydrogen (secondary N) is 3. The molecule has 1 aromatic rings. The molecule has 82 valence electrons. The first-order chi connectivity index (χ1) is 7.36. The number of carbonyl (C=O) groups excluding carboxylic acids is 1. The van der Waals surface area contributed by atoms with Crippen LogP contribution in [-0.4, -0.2) is 35.5 Å². The van der Waals surface area contributed by atoms with E-state index in [1.807, 2.05) is 0 Å². The van der Waals surface area contributed by atoms with E-state index in [-0.39, 0.29) is 5.91 Å². The highest BCUT2D eigenvalue weighted by atomic mass is 16.1. The predicted molar refractivity (Wildman–Crippen MR) is 56.5 cm³/mol. The van der Waals surface area contributed by atoms with Crippen molar-refractivity contribution in [2.24, 2.45) is 5.92 Å². The maximum Gasteiger partial charge on any atom is 0.269 e. The summed E-state index contributed by atoms with van der Waals surface area (Å²) >= 11 is 0. The molecule has 5 nitrogen and oxygen atoms in total. The van der Waals surface area contributed by atoms with Crippen molar-refractivity contribution in [1.29, 1.82) is 0 Å². The molecule has 0 saturated carbocycles. The molecule has 1 saturated heterocycles. The van der Waals surface area contributed by atoms with Crippen LogP contribution >= 0.6 is 0 Å². The van der Waals surface area contributed by atoms with Crippen LogP contribution in [0.25, 0.3) is 0 Å². The Bertz CT molecular complexity index is 303. The average molecular weight is 208 g/mol. The third kappa shape index (κ3) is 2.79. The van der Waals surface area contributed by atoms with Crippen LogP contribution in [0.3, 0.4) is 0 Å². The zero-order valence-electron chi connectivity index (χ0n) is 8.62. The van der Waals surface area contributed by atoms with Gasteiger partial charge in [0.1, 0.15) is 5.69 Å². The van der Waals surface area contributed by atoms with Crippen molar-refractivity contribution in [3.8, 4) is 0 Å². The summed E-state index contributed by atoms with van der Waals surface area (Å²) in [6.45, 7) is 2.88. The Morgan fingerprint density at radius 1 is 1.53 bits per heavy atom. The molecule has 2 rings (SSSR count). The molecule has 1 aliphatic rings. The standard InChI is InChI=1S/C10H16N4O/c15-10(9-6-12-7-14-9)13-5-8-1-3-11-4-2-8/h6-8,11H,1-5H2,(H,12,14)(H,13,15). The van der Waals surface area contributed by atoms with Gasteiger partial charge in [-0.1, -0.05) is 0 Å². The Kier molecular flexibility index (Phi) is 3.34. The summed E-state index contributed by atoms with van der Waals surface area (Å²) in [5.74, 6) is 0.546. The van der Waals surface area contributed by atoms with E-state index >= 15 is 0 Å². The number of rotatable bonds is 3. The van der Waals surface area contributed by atoms with Crippen LogP contribution in [0.2, 0.25) is 0 Å². The second-order valence-electron chi connectivity index (χ2n) is 3.87. The van der Waals surface area contributed by atoms with E-state index in [0.717, 1.165) is 32.5 Å². The fraction of sp³-hybridized carbons (Fsp3) is 0.600. The van der Waals surface area contributed by atoms with E-state index in [2.05, 4.69) is 20.6 Å². The van der Waals surface area contributed by atoms with E-state index < -0.39 is 0 Å². The van der Waals surface area contributed by atoms with Crippen molar-refractivity contribution in [2.75, 3.05) is 19.6 Å². The van der Waals surface area contributed by atoms with Gasteiger partial charge in [-0.15, -0.1) is 0 Å². The molecule has 0 atom stereocenters. The van der Waals surface area contributed by atoms with Gasteiger partial charge in [-0.05, 0) is 31.8 Å². The van der Waals surface area contributed by atoms with Gasteiger partial charge in [0.2, 0.25) is 0 Å². The van der Waals surface area contributed by atoms with Gasteiger partial charge in [0, 0.05) is 6.54 Å². The molecule has 1 aromatic heterocycles. The second-order valence-corrected chi connectivity index (χ2v) is 3.87. The molecular formula is C10H16N4O. The molecule has 15 heavy (non-hydrogen) atoms. The van der Waals surface area contributed by atoms with Gasteiger partial charge < -0.3 is 15.6 Å². The van der Waals surface area contributed by atoms with Crippen molar-refractivity contribution >= 4 is 5.91 Å². The van der Waals surface area contributed by atoms with Crippen LogP contribution in [0.5, 0.6) is 0 Å². The highest BCUT2D eigenvalue weighted by Crippen LogP contribution is 2.09. The number of aromatic amines is 1. The first kappa shape index (κ1) is 10.2. The van der Waals surface area contributed by atoms with E-state index in [1.54, 1.807) is 0 Å². The summed E-state index contributed by atoms with van der Waals surface area (Å²) in [6.07, 6.45) is 5.34. The van der Waals surface area contributed by atoms with Crippen molar-refractivity contribution < 1.29 is 4.79 Å². The number of piperidine rings is 1. The van der Waals surface area contributed by atoms with Gasteiger partial charge >= 0.3 is 0 Å². The first-order valence-electron chi connectivity index (χ1n) is 5.33. The topological polar surface area (TPSA) is 69.8 Å². The van der Waals surface area contributed by atoms with Crippen LogP contribution in [0.15, 0.2) is 12.5 Å². The largest absolute Gasteiger partial charge is 0.350 e. The lowest BCUT2D eigenvalue weighted by molar-refractivity contribution is 0.0939. The van der Waals surface area contributed by atoms with E-state index in [9.17, 15) is 4.79 Å². The van der Waals surface area contributed by atoms with Crippen LogP contribution in [0.4, 0.5) is 0 Å². The Balaban J connectivity index is 1.75. The molecule has 0 unspecified atom stereocenters. The Hall–Kier alpha value is -1.36. The summed E-state index contributed by atoms with van der Waals surface area (Å²) < 4.78 is 0. The van der Waals surface area contributed by atoms with Gasteiger partial charge in [0.25, 0.3) is 5.91 Å². The van der Waals surface area contributed by atoms with Gasteiger partial charge in [-0.25, -0.2) is 4.98 Å². The lowest BCUT2D eigenvalue weighted by Gasteiger charge is -2.22. The monoisotopic (exact) mass is 208 g/mol. The quantitative estimate of drug-likeness (QED) is 0.661. The maximum atomic E-state index is 11.6. The van der Waals surface area contributed by atoms with Gasteiger partial charge in [0.15, 0.2) is 0 Å². The number of imidazole rings is 1. The normalized spacial score (nSPS) is 17.6. The second kappa shape index (κ2) is 4.93. The third-order valence-corrected chi connectivity index (χ3v) is 2.75. The lowest BCUT2D eigenvalue weighted by atomic mass is 9.98. The smallest absolute Gasteiger partial charge is 0.269 e. The Morgan fingerprint density at radius 2 is 2.33 bits per heavy atom. The highest BCUT2D eigenvalue weighted by molar-refractivity contribution is 5.91. The summed E-state index contributed by atoms with van der Waals surface area (Å²) in [7, 11) is 0. The van der Waals surface area contributed by atoms with Gasteiger partial charge in [-0.2, -0.15) is 0 Å². The fourth-order valence-corrected chi connectivity index (χ4v) is 1.80. The summed E-state index contributed by atoms with van der Waals surface area (Å²) in [5.41, 5.74) is 0.531. The Morgan fingerprint density at radius 3 is 3.00 bits per heavy atom. The van der Waals surface area contributed by atoms with Gasteiger partial charge in [0.05, 0.1) is 12.5 Å². The number of carbonyl (C=O) groups is 1. The number of aromatic nitrogens is 2. The van der Waals surface area contributed by atoms with Gasteiger partial charge in [-0.3, -0.25) is 4.79 Å². The van der Waals surface area contributed by atoms with Crippen molar-refractivity contribution in [2.45, 2.75) is 12.8 Å². The molecule has 0 aromatic carbocycles. The average Bonchev–Trinajstić information content (AvgIpc) is 2.81. The molecule has 1 amide bonds. The predicted octanol–water partition coefficient (Wildman–Crippen LogP) is 0.139. The first-order valence-corrected chi connectivity index (χ1v) is 5.33.